The average molecular weight is 344 g/mol. The maximum Gasteiger partial charge on any atom is 0.232 e. The number of fused-ring (bicyclic) bond motifs is 4. The van der Waals surface area contributed by atoms with E-state index in [1.54, 1.807) is 0 Å². The molecule has 0 radical (unpaired) electrons. The second-order valence-corrected chi connectivity index (χ2v) is 8.69. The molecule has 5 nitrogen and oxygen atoms in total. The van der Waals surface area contributed by atoms with Gasteiger partial charge in [-0.2, -0.15) is 0 Å². The van der Waals surface area contributed by atoms with Crippen molar-refractivity contribution < 1.29 is 4.79 Å². The highest BCUT2D eigenvalue weighted by Crippen LogP contribution is 2.54. The van der Waals surface area contributed by atoms with Crippen molar-refractivity contribution in [3.05, 3.63) is 17.8 Å². The molecule has 0 spiro atoms. The van der Waals surface area contributed by atoms with E-state index in [1.807, 2.05) is 19.2 Å². The van der Waals surface area contributed by atoms with E-state index in [0.29, 0.717) is 10.7 Å². The molecule has 3 aliphatic carbocycles. The van der Waals surface area contributed by atoms with Crippen molar-refractivity contribution in [1.82, 2.24) is 14.9 Å². The van der Waals surface area contributed by atoms with Crippen LogP contribution in [0.4, 0.5) is 5.13 Å². The van der Waals surface area contributed by atoms with Crippen LogP contribution in [0.15, 0.2) is 12.3 Å². The molecule has 5 rings (SSSR count). The number of carbonyl (C=O) groups excluding carboxylic acids is 1. The molecule has 2 heterocycles. The minimum Gasteiger partial charge on any atom is -0.304 e. The molecule has 0 aliphatic heterocycles. The Morgan fingerprint density at radius 1 is 1.21 bits per heavy atom. The molecule has 3 fully saturated rings. The van der Waals surface area contributed by atoms with Crippen LogP contribution in [0.1, 0.15) is 44.1 Å². The molecule has 3 aliphatic rings. The average Bonchev–Trinajstić information content (AvgIpc) is 2.97. The van der Waals surface area contributed by atoms with Gasteiger partial charge in [0.05, 0.1) is 0 Å². The molecule has 6 heteroatoms. The third-order valence-electron chi connectivity index (χ3n) is 6.24. The Labute approximate surface area is 146 Å². The van der Waals surface area contributed by atoms with E-state index in [4.69, 9.17) is 0 Å². The van der Waals surface area contributed by atoms with Crippen LogP contribution in [0, 0.1) is 12.3 Å². The first-order valence-corrected chi connectivity index (χ1v) is 9.46. The van der Waals surface area contributed by atoms with Crippen molar-refractivity contribution in [1.29, 1.82) is 0 Å². The fraction of sp³-hybridized carbons (Fsp3) is 0.611. The number of hydrogen-bond donors (Lipinski definition) is 1. The van der Waals surface area contributed by atoms with Crippen LogP contribution < -0.4 is 5.32 Å². The predicted molar refractivity (Wildman–Crippen MR) is 97.3 cm³/mol. The zero-order chi connectivity index (χ0) is 16.9. The van der Waals surface area contributed by atoms with Gasteiger partial charge in [-0.05, 0) is 71.2 Å². The molecule has 0 saturated heterocycles. The lowest BCUT2D eigenvalue weighted by molar-refractivity contribution is -0.135. The summed E-state index contributed by atoms with van der Waals surface area (Å²) in [7, 11) is 4.35. The lowest BCUT2D eigenvalue weighted by atomic mass is 9.56. The number of nitrogens with one attached hydrogen (secondary N) is 1. The van der Waals surface area contributed by atoms with Crippen molar-refractivity contribution in [2.24, 2.45) is 5.41 Å². The summed E-state index contributed by atoms with van der Waals surface area (Å²) < 4.78 is 0. The highest BCUT2D eigenvalue weighted by molar-refractivity contribution is 7.21. The summed E-state index contributed by atoms with van der Waals surface area (Å²) >= 11 is 1.46. The fourth-order valence-electron chi connectivity index (χ4n) is 4.38. The summed E-state index contributed by atoms with van der Waals surface area (Å²) in [5, 5.41) is 3.77. The Morgan fingerprint density at radius 3 is 2.50 bits per heavy atom. The topological polar surface area (TPSA) is 58.1 Å². The third kappa shape index (κ3) is 2.43. The maximum atomic E-state index is 13.0. The largest absolute Gasteiger partial charge is 0.304 e. The number of carbonyl (C=O) groups is 1. The third-order valence-corrected chi connectivity index (χ3v) is 7.14. The van der Waals surface area contributed by atoms with Gasteiger partial charge in [0.15, 0.2) is 5.13 Å². The highest BCUT2D eigenvalue weighted by atomic mass is 32.1. The minimum absolute atomic E-state index is 0.158. The summed E-state index contributed by atoms with van der Waals surface area (Å²) in [5.41, 5.74) is 2.08. The summed E-state index contributed by atoms with van der Waals surface area (Å²) in [6.07, 6.45) is 8.15. The first-order chi connectivity index (χ1) is 11.4. The van der Waals surface area contributed by atoms with E-state index < -0.39 is 0 Å². The van der Waals surface area contributed by atoms with Crippen molar-refractivity contribution in [3.8, 4) is 0 Å². The second kappa shape index (κ2) is 5.49. The molecule has 2 aromatic rings. The zero-order valence-electron chi connectivity index (χ0n) is 14.6. The molecule has 128 valence electrons. The van der Waals surface area contributed by atoms with Gasteiger partial charge in [0.25, 0.3) is 0 Å². The van der Waals surface area contributed by atoms with Crippen molar-refractivity contribution in [2.75, 3.05) is 19.4 Å². The Kier molecular flexibility index (Phi) is 3.65. The Hall–Kier alpha value is -1.53. The van der Waals surface area contributed by atoms with Gasteiger partial charge < -0.3 is 10.2 Å². The van der Waals surface area contributed by atoms with E-state index in [1.165, 1.54) is 11.3 Å². The first kappa shape index (κ1) is 16.0. The molecule has 2 aromatic heterocycles. The van der Waals surface area contributed by atoms with Crippen molar-refractivity contribution in [2.45, 2.75) is 51.0 Å². The highest BCUT2D eigenvalue weighted by Gasteiger charge is 2.53. The molecular formula is C18H24N4OS. The smallest absolute Gasteiger partial charge is 0.232 e. The minimum atomic E-state index is -0.195. The number of aromatic nitrogens is 2. The number of rotatable bonds is 3. The lowest BCUT2D eigenvalue weighted by Gasteiger charge is -2.55. The Bertz CT molecular complexity index is 773. The van der Waals surface area contributed by atoms with Gasteiger partial charge in [0.1, 0.15) is 10.3 Å². The standard InChI is InChI=1S/C18H24N4OS/c1-12-10-13-14(19-11-12)24-16(20-13)21-15(23)17-4-7-18(8-5-17,9-6-17)22(2)3/h10-11H,4-9H2,1-3H3,(H,20,21,23). The van der Waals surface area contributed by atoms with Crippen LogP contribution in [0.2, 0.25) is 0 Å². The van der Waals surface area contributed by atoms with Crippen LogP contribution >= 0.6 is 11.3 Å². The van der Waals surface area contributed by atoms with Gasteiger partial charge in [0.2, 0.25) is 5.91 Å². The maximum absolute atomic E-state index is 13.0. The molecular weight excluding hydrogens is 320 g/mol. The van der Waals surface area contributed by atoms with Crippen LogP contribution in [0.3, 0.4) is 0 Å². The molecule has 0 aromatic carbocycles. The van der Waals surface area contributed by atoms with E-state index in [-0.39, 0.29) is 11.3 Å². The van der Waals surface area contributed by atoms with Crippen molar-refractivity contribution in [3.63, 3.8) is 0 Å². The fourth-order valence-corrected chi connectivity index (χ4v) is 5.17. The quantitative estimate of drug-likeness (QED) is 0.924. The molecule has 24 heavy (non-hydrogen) atoms. The summed E-state index contributed by atoms with van der Waals surface area (Å²) in [6.45, 7) is 2.00. The van der Waals surface area contributed by atoms with Gasteiger partial charge in [-0.25, -0.2) is 9.97 Å². The SMILES string of the molecule is Cc1cnc2sc(NC(=O)C34CCC(N(C)C)(CC3)CC4)nc2c1. The van der Waals surface area contributed by atoms with E-state index in [2.05, 4.69) is 34.3 Å². The molecule has 1 amide bonds. The first-order valence-electron chi connectivity index (χ1n) is 8.65. The molecule has 0 atom stereocenters. The molecule has 2 bridgehead atoms. The summed E-state index contributed by atoms with van der Waals surface area (Å²) in [6, 6.07) is 2.01. The number of hydrogen-bond acceptors (Lipinski definition) is 5. The second-order valence-electron chi connectivity index (χ2n) is 7.71. The number of pyridine rings is 1. The predicted octanol–water partition coefficient (Wildman–Crippen LogP) is 3.59. The number of aryl methyl sites for hydroxylation is 1. The molecule has 0 unspecified atom stereocenters. The Balaban J connectivity index is 1.52. The normalized spacial score (nSPS) is 29.3. The zero-order valence-corrected chi connectivity index (χ0v) is 15.4. The van der Waals surface area contributed by atoms with E-state index in [9.17, 15) is 4.79 Å². The summed E-state index contributed by atoms with van der Waals surface area (Å²) in [5.74, 6) is 0.158. The van der Waals surface area contributed by atoms with Crippen molar-refractivity contribution >= 4 is 32.7 Å². The number of amides is 1. The summed E-state index contributed by atoms with van der Waals surface area (Å²) in [4.78, 5) is 25.2. The Morgan fingerprint density at radius 2 is 1.88 bits per heavy atom. The van der Waals surface area contributed by atoms with Crippen LogP contribution in [0.25, 0.3) is 10.3 Å². The lowest BCUT2D eigenvalue weighted by Crippen LogP contribution is -2.57. The van der Waals surface area contributed by atoms with Gasteiger partial charge in [-0.15, -0.1) is 0 Å². The van der Waals surface area contributed by atoms with Gasteiger partial charge in [-0.1, -0.05) is 11.3 Å². The van der Waals surface area contributed by atoms with Crippen LogP contribution in [0.5, 0.6) is 0 Å². The van der Waals surface area contributed by atoms with Gasteiger partial charge in [-0.3, -0.25) is 4.79 Å². The molecule has 3 saturated carbocycles. The number of nitrogens with zero attached hydrogens (tertiary/aromatic N) is 3. The number of anilines is 1. The van der Waals surface area contributed by atoms with Gasteiger partial charge >= 0.3 is 0 Å². The van der Waals surface area contributed by atoms with Crippen LogP contribution in [-0.2, 0) is 4.79 Å². The monoisotopic (exact) mass is 344 g/mol. The van der Waals surface area contributed by atoms with E-state index in [0.717, 1.165) is 54.4 Å². The molecule has 1 N–H and O–H groups in total. The number of thiazole rings is 1. The van der Waals surface area contributed by atoms with Crippen LogP contribution in [-0.4, -0.2) is 40.4 Å². The van der Waals surface area contributed by atoms with E-state index >= 15 is 0 Å². The van der Waals surface area contributed by atoms with Gasteiger partial charge in [0, 0.05) is 17.2 Å².